The van der Waals surface area contributed by atoms with Crippen LogP contribution in [0.5, 0.6) is 0 Å². The third-order valence-corrected chi connectivity index (χ3v) is 4.46. The Morgan fingerprint density at radius 1 is 0.944 bits per heavy atom. The van der Waals surface area contributed by atoms with Gasteiger partial charge in [0.15, 0.2) is 0 Å². The van der Waals surface area contributed by atoms with Crippen LogP contribution in [-0.2, 0) is 0 Å². The van der Waals surface area contributed by atoms with Crippen LogP contribution in [0.4, 0.5) is 0 Å². The van der Waals surface area contributed by atoms with E-state index >= 15 is 0 Å². The summed E-state index contributed by atoms with van der Waals surface area (Å²) in [5.41, 5.74) is 0. The fourth-order valence-electron chi connectivity index (χ4n) is 3.39. The lowest BCUT2D eigenvalue weighted by atomic mass is 9.81. The molecular weight excluding hydrogens is 242 g/mol. The topological polar surface area (TPSA) is 3.24 Å². The minimum absolute atomic E-state index is 0. The van der Waals surface area contributed by atoms with Gasteiger partial charge >= 0.3 is 0 Å². The molecule has 1 aliphatic rings. The van der Waals surface area contributed by atoms with Gasteiger partial charge in [0.1, 0.15) is 0 Å². The van der Waals surface area contributed by atoms with Crippen LogP contribution in [0, 0.1) is 5.92 Å². The summed E-state index contributed by atoms with van der Waals surface area (Å²) < 4.78 is 0. The minimum atomic E-state index is 0. The second kappa shape index (κ2) is 11.1. The van der Waals surface area contributed by atoms with E-state index in [0.717, 1.165) is 12.0 Å². The van der Waals surface area contributed by atoms with Gasteiger partial charge in [-0.2, -0.15) is 0 Å². The van der Waals surface area contributed by atoms with E-state index < -0.39 is 0 Å². The third kappa shape index (κ3) is 6.99. The largest absolute Gasteiger partial charge is 0.306 e. The highest BCUT2D eigenvalue weighted by molar-refractivity contribution is 5.85. The molecule has 0 saturated heterocycles. The third-order valence-electron chi connectivity index (χ3n) is 4.46. The van der Waals surface area contributed by atoms with Crippen LogP contribution in [0.1, 0.15) is 77.6 Å². The second-order valence-corrected chi connectivity index (χ2v) is 6.13. The van der Waals surface area contributed by atoms with Crippen molar-refractivity contribution >= 4 is 12.4 Å². The summed E-state index contributed by atoms with van der Waals surface area (Å²) in [4.78, 5) is 2.50. The number of halogens is 1. The molecule has 1 unspecified atom stereocenters. The molecule has 0 heterocycles. The quantitative estimate of drug-likeness (QED) is 0.545. The average Bonchev–Trinajstić information content (AvgIpc) is 2.34. The molecule has 18 heavy (non-hydrogen) atoms. The average molecular weight is 276 g/mol. The fourth-order valence-corrected chi connectivity index (χ4v) is 3.39. The monoisotopic (exact) mass is 275 g/mol. The Balaban J connectivity index is 0.00000289. The van der Waals surface area contributed by atoms with Gasteiger partial charge in [-0.25, -0.2) is 0 Å². The molecule has 0 spiro atoms. The van der Waals surface area contributed by atoms with E-state index in [-0.39, 0.29) is 12.4 Å². The normalized spacial score (nSPS) is 18.7. The van der Waals surface area contributed by atoms with E-state index in [2.05, 4.69) is 25.9 Å². The molecule has 1 saturated carbocycles. The summed E-state index contributed by atoms with van der Waals surface area (Å²) >= 11 is 0. The first-order valence-corrected chi connectivity index (χ1v) is 7.92. The Morgan fingerprint density at radius 2 is 1.56 bits per heavy atom. The van der Waals surface area contributed by atoms with Crippen LogP contribution < -0.4 is 0 Å². The Bertz CT molecular complexity index is 176. The Labute approximate surface area is 121 Å². The standard InChI is InChI=1S/C16H33N.ClH/c1-4-5-6-7-11-14-16(17(2)3)15-12-9-8-10-13-15;/h15-16H,4-14H2,1-3H3;1H. The molecule has 1 nitrogen and oxygen atoms in total. The van der Waals surface area contributed by atoms with Crippen molar-refractivity contribution < 1.29 is 0 Å². The molecule has 1 fully saturated rings. The molecule has 0 amide bonds. The molecule has 110 valence electrons. The molecule has 0 aromatic rings. The molecule has 1 atom stereocenters. The number of rotatable bonds is 8. The Hall–Kier alpha value is 0.250. The van der Waals surface area contributed by atoms with Crippen LogP contribution in [0.25, 0.3) is 0 Å². The van der Waals surface area contributed by atoms with Crippen LogP contribution in [0.3, 0.4) is 0 Å². The molecule has 0 bridgehead atoms. The number of nitrogens with zero attached hydrogens (tertiary/aromatic N) is 1. The SMILES string of the molecule is CCCCCCCC(C1CCCCC1)N(C)C.Cl. The van der Waals surface area contributed by atoms with E-state index in [1.807, 2.05) is 0 Å². The second-order valence-electron chi connectivity index (χ2n) is 6.13. The summed E-state index contributed by atoms with van der Waals surface area (Å²) in [5, 5.41) is 0. The number of hydrogen-bond acceptors (Lipinski definition) is 1. The fraction of sp³-hybridized carbons (Fsp3) is 1.00. The van der Waals surface area contributed by atoms with Crippen molar-refractivity contribution in [2.24, 2.45) is 5.92 Å². The van der Waals surface area contributed by atoms with E-state index in [1.165, 1.54) is 70.6 Å². The lowest BCUT2D eigenvalue weighted by molar-refractivity contribution is 0.157. The molecule has 0 aromatic carbocycles. The van der Waals surface area contributed by atoms with E-state index in [9.17, 15) is 0 Å². The first kappa shape index (κ1) is 18.2. The smallest absolute Gasteiger partial charge is 0.0117 e. The zero-order chi connectivity index (χ0) is 12.5. The summed E-state index contributed by atoms with van der Waals surface area (Å²) in [6.45, 7) is 2.30. The highest BCUT2D eigenvalue weighted by Gasteiger charge is 2.24. The highest BCUT2D eigenvalue weighted by Crippen LogP contribution is 2.30. The van der Waals surface area contributed by atoms with Gasteiger partial charge in [0.25, 0.3) is 0 Å². The maximum atomic E-state index is 2.50. The van der Waals surface area contributed by atoms with Gasteiger partial charge in [0.05, 0.1) is 0 Å². The minimum Gasteiger partial charge on any atom is -0.306 e. The van der Waals surface area contributed by atoms with Crippen molar-refractivity contribution in [3.8, 4) is 0 Å². The lowest BCUT2D eigenvalue weighted by Gasteiger charge is -2.35. The van der Waals surface area contributed by atoms with Crippen LogP contribution in [0.15, 0.2) is 0 Å². The molecule has 2 heteroatoms. The summed E-state index contributed by atoms with van der Waals surface area (Å²) in [5.74, 6) is 0.991. The van der Waals surface area contributed by atoms with Crippen LogP contribution >= 0.6 is 12.4 Å². The lowest BCUT2D eigenvalue weighted by Crippen LogP contribution is -2.36. The molecule has 1 rings (SSSR count). The molecule has 0 aliphatic heterocycles. The zero-order valence-corrected chi connectivity index (χ0v) is 13.6. The van der Waals surface area contributed by atoms with E-state index in [4.69, 9.17) is 0 Å². The van der Waals surface area contributed by atoms with Crippen molar-refractivity contribution in [1.82, 2.24) is 4.90 Å². The first-order chi connectivity index (χ1) is 8.25. The van der Waals surface area contributed by atoms with Gasteiger partial charge in [-0.1, -0.05) is 58.3 Å². The van der Waals surface area contributed by atoms with Crippen molar-refractivity contribution in [2.45, 2.75) is 83.6 Å². The summed E-state index contributed by atoms with van der Waals surface area (Å²) in [6.07, 6.45) is 16.0. The van der Waals surface area contributed by atoms with Gasteiger partial charge in [-0.15, -0.1) is 12.4 Å². The summed E-state index contributed by atoms with van der Waals surface area (Å²) in [7, 11) is 4.57. The van der Waals surface area contributed by atoms with E-state index in [0.29, 0.717) is 0 Å². The first-order valence-electron chi connectivity index (χ1n) is 7.92. The number of hydrogen-bond donors (Lipinski definition) is 0. The predicted octanol–water partition coefficient (Wildman–Crippen LogP) is 5.28. The van der Waals surface area contributed by atoms with Crippen molar-refractivity contribution in [3.63, 3.8) is 0 Å². The number of unbranched alkanes of at least 4 members (excludes halogenated alkanes) is 4. The molecule has 0 aromatic heterocycles. The highest BCUT2D eigenvalue weighted by atomic mass is 35.5. The van der Waals surface area contributed by atoms with Crippen molar-refractivity contribution in [2.75, 3.05) is 14.1 Å². The van der Waals surface area contributed by atoms with Gasteiger partial charge in [-0.3, -0.25) is 0 Å². The zero-order valence-electron chi connectivity index (χ0n) is 12.8. The van der Waals surface area contributed by atoms with Crippen molar-refractivity contribution in [3.05, 3.63) is 0 Å². The maximum absolute atomic E-state index is 2.50. The van der Waals surface area contributed by atoms with E-state index in [1.54, 1.807) is 0 Å². The molecular formula is C16H34ClN. The predicted molar refractivity (Wildman–Crippen MR) is 84.7 cm³/mol. The van der Waals surface area contributed by atoms with Crippen molar-refractivity contribution in [1.29, 1.82) is 0 Å². The van der Waals surface area contributed by atoms with Crippen LogP contribution in [-0.4, -0.2) is 25.0 Å². The van der Waals surface area contributed by atoms with Gasteiger partial charge in [0.2, 0.25) is 0 Å². The summed E-state index contributed by atoms with van der Waals surface area (Å²) in [6, 6.07) is 0.858. The molecule has 0 N–H and O–H groups in total. The van der Waals surface area contributed by atoms with Gasteiger partial charge in [0, 0.05) is 6.04 Å². The van der Waals surface area contributed by atoms with Gasteiger partial charge in [-0.05, 0) is 39.3 Å². The Morgan fingerprint density at radius 3 is 2.11 bits per heavy atom. The Kier molecular flexibility index (Phi) is 11.3. The molecule has 1 aliphatic carbocycles. The van der Waals surface area contributed by atoms with Gasteiger partial charge < -0.3 is 4.90 Å². The molecule has 0 radical (unpaired) electrons. The van der Waals surface area contributed by atoms with Crippen LogP contribution in [0.2, 0.25) is 0 Å². The maximum Gasteiger partial charge on any atom is 0.0117 e.